The minimum Gasteiger partial charge on any atom is -0.505 e. The highest BCUT2D eigenvalue weighted by Crippen LogP contribution is 2.16. The van der Waals surface area contributed by atoms with Crippen molar-refractivity contribution in [2.45, 2.75) is 19.9 Å². The van der Waals surface area contributed by atoms with Crippen LogP contribution >= 0.6 is 0 Å². The molecule has 0 saturated heterocycles. The van der Waals surface area contributed by atoms with Gasteiger partial charge < -0.3 is 5.11 Å². The first-order valence-electron chi connectivity index (χ1n) is 4.53. The van der Waals surface area contributed by atoms with Crippen LogP contribution in [0, 0.1) is 0 Å². The third-order valence-corrected chi connectivity index (χ3v) is 2.20. The van der Waals surface area contributed by atoms with Crippen LogP contribution in [0.25, 0.3) is 5.52 Å². The molecule has 0 aliphatic rings. The Morgan fingerprint density at radius 1 is 1.43 bits per heavy atom. The van der Waals surface area contributed by atoms with E-state index in [0.29, 0.717) is 5.52 Å². The van der Waals surface area contributed by atoms with Gasteiger partial charge in [0.15, 0.2) is 0 Å². The number of hydrogen-bond acceptors (Lipinski definition) is 2. The molecule has 14 heavy (non-hydrogen) atoms. The Hall–Kier alpha value is -1.71. The van der Waals surface area contributed by atoms with E-state index in [1.807, 2.05) is 13.8 Å². The van der Waals surface area contributed by atoms with Crippen molar-refractivity contribution in [1.82, 2.24) is 9.20 Å². The second-order valence-corrected chi connectivity index (χ2v) is 3.54. The van der Waals surface area contributed by atoms with Gasteiger partial charge in [0.05, 0.1) is 0 Å². The third kappa shape index (κ3) is 1.11. The minimum absolute atomic E-state index is 0.0249. The number of aromatic nitrogens is 2. The van der Waals surface area contributed by atoms with Gasteiger partial charge in [-0.15, -0.1) is 0 Å². The van der Waals surface area contributed by atoms with E-state index < -0.39 is 0 Å². The summed E-state index contributed by atoms with van der Waals surface area (Å²) in [6, 6.07) is 4.88. The molecular formula is C10H12N2O2. The first kappa shape index (κ1) is 8.87. The Morgan fingerprint density at radius 2 is 2.14 bits per heavy atom. The normalized spacial score (nSPS) is 11.4. The standard InChI is InChI=1S/C10H12N2O2/c1-7(2)12-10(14)6-9(13)8-4-3-5-11(8)12/h3-7,13H,1-2H3. The lowest BCUT2D eigenvalue weighted by Crippen LogP contribution is -2.26. The van der Waals surface area contributed by atoms with E-state index in [-0.39, 0.29) is 17.4 Å². The van der Waals surface area contributed by atoms with Gasteiger partial charge in [-0.3, -0.25) is 9.31 Å². The molecule has 4 heteroatoms. The van der Waals surface area contributed by atoms with E-state index >= 15 is 0 Å². The van der Waals surface area contributed by atoms with Gasteiger partial charge in [0.2, 0.25) is 0 Å². The van der Waals surface area contributed by atoms with Crippen molar-refractivity contribution < 1.29 is 5.11 Å². The highest BCUT2D eigenvalue weighted by molar-refractivity contribution is 5.58. The Bertz CT molecular complexity index is 522. The highest BCUT2D eigenvalue weighted by atomic mass is 16.3. The van der Waals surface area contributed by atoms with Crippen LogP contribution in [0.1, 0.15) is 19.9 Å². The van der Waals surface area contributed by atoms with Crippen LogP contribution in [0.15, 0.2) is 29.2 Å². The van der Waals surface area contributed by atoms with Crippen molar-refractivity contribution in [2.75, 3.05) is 0 Å². The highest BCUT2D eigenvalue weighted by Gasteiger charge is 2.08. The summed E-state index contributed by atoms with van der Waals surface area (Å²) in [7, 11) is 0. The molecule has 2 aromatic heterocycles. The van der Waals surface area contributed by atoms with Crippen molar-refractivity contribution >= 4 is 5.52 Å². The maximum Gasteiger partial charge on any atom is 0.269 e. The molecule has 0 unspecified atom stereocenters. The number of aromatic hydroxyl groups is 1. The molecule has 4 nitrogen and oxygen atoms in total. The van der Waals surface area contributed by atoms with E-state index in [2.05, 4.69) is 0 Å². The molecule has 0 amide bonds. The molecule has 0 aliphatic carbocycles. The lowest BCUT2D eigenvalue weighted by atomic mass is 10.3. The molecule has 1 N–H and O–H groups in total. The zero-order chi connectivity index (χ0) is 10.3. The van der Waals surface area contributed by atoms with E-state index in [1.54, 1.807) is 27.5 Å². The minimum atomic E-state index is -0.193. The van der Waals surface area contributed by atoms with Crippen LogP contribution in [-0.2, 0) is 0 Å². The first-order valence-corrected chi connectivity index (χ1v) is 4.53. The van der Waals surface area contributed by atoms with Crippen LogP contribution in [0.3, 0.4) is 0 Å². The van der Waals surface area contributed by atoms with E-state index in [1.165, 1.54) is 6.07 Å². The van der Waals surface area contributed by atoms with Gasteiger partial charge in [-0.05, 0) is 26.0 Å². The van der Waals surface area contributed by atoms with Gasteiger partial charge in [0.1, 0.15) is 11.3 Å². The third-order valence-electron chi connectivity index (χ3n) is 2.20. The van der Waals surface area contributed by atoms with Gasteiger partial charge in [-0.1, -0.05) is 0 Å². The molecule has 0 aliphatic heterocycles. The second kappa shape index (κ2) is 2.90. The summed E-state index contributed by atoms with van der Waals surface area (Å²) in [4.78, 5) is 11.6. The average Bonchev–Trinajstić information content (AvgIpc) is 2.51. The summed E-state index contributed by atoms with van der Waals surface area (Å²) in [5.74, 6) is 0.0249. The van der Waals surface area contributed by atoms with Crippen LogP contribution in [-0.4, -0.2) is 14.3 Å². The molecule has 2 rings (SSSR count). The molecule has 2 aromatic rings. The molecule has 0 radical (unpaired) electrons. The van der Waals surface area contributed by atoms with E-state index in [9.17, 15) is 9.90 Å². The summed E-state index contributed by atoms with van der Waals surface area (Å²) in [6.07, 6.45) is 1.76. The predicted molar refractivity (Wildman–Crippen MR) is 53.7 cm³/mol. The van der Waals surface area contributed by atoms with Crippen molar-refractivity contribution in [3.63, 3.8) is 0 Å². The molecule has 0 fully saturated rings. The van der Waals surface area contributed by atoms with Gasteiger partial charge in [0.25, 0.3) is 5.56 Å². The average molecular weight is 192 g/mol. The Kier molecular flexibility index (Phi) is 1.84. The topological polar surface area (TPSA) is 46.6 Å². The van der Waals surface area contributed by atoms with E-state index in [4.69, 9.17) is 0 Å². The fourth-order valence-corrected chi connectivity index (χ4v) is 1.63. The maximum absolute atomic E-state index is 11.6. The van der Waals surface area contributed by atoms with E-state index in [0.717, 1.165) is 0 Å². The van der Waals surface area contributed by atoms with Gasteiger partial charge in [-0.2, -0.15) is 0 Å². The monoisotopic (exact) mass is 192 g/mol. The fraction of sp³-hybridized carbons (Fsp3) is 0.300. The van der Waals surface area contributed by atoms with Crippen LogP contribution in [0.2, 0.25) is 0 Å². The van der Waals surface area contributed by atoms with Crippen LogP contribution in [0.4, 0.5) is 0 Å². The summed E-state index contributed by atoms with van der Waals surface area (Å²) in [6.45, 7) is 3.86. The SMILES string of the molecule is CC(C)n1c(=O)cc(O)c2cccn21. The first-order chi connectivity index (χ1) is 6.61. The molecular weight excluding hydrogens is 180 g/mol. The summed E-state index contributed by atoms with van der Waals surface area (Å²) >= 11 is 0. The molecule has 74 valence electrons. The lowest BCUT2D eigenvalue weighted by molar-refractivity contribution is 0.444. The van der Waals surface area contributed by atoms with Gasteiger partial charge in [-0.25, -0.2) is 4.68 Å². The Morgan fingerprint density at radius 3 is 2.79 bits per heavy atom. The Labute approximate surface area is 81.0 Å². The molecule has 0 bridgehead atoms. The van der Waals surface area contributed by atoms with Gasteiger partial charge in [0, 0.05) is 18.3 Å². The number of nitrogens with zero attached hydrogens (tertiary/aromatic N) is 2. The molecule has 0 aromatic carbocycles. The van der Waals surface area contributed by atoms with Gasteiger partial charge >= 0.3 is 0 Å². The second-order valence-electron chi connectivity index (χ2n) is 3.54. The molecule has 0 spiro atoms. The van der Waals surface area contributed by atoms with Crippen molar-refractivity contribution in [1.29, 1.82) is 0 Å². The van der Waals surface area contributed by atoms with Crippen LogP contribution < -0.4 is 5.56 Å². The predicted octanol–water partition coefficient (Wildman–Crippen LogP) is 1.39. The van der Waals surface area contributed by atoms with Crippen molar-refractivity contribution in [3.8, 4) is 5.75 Å². The molecule has 2 heterocycles. The Balaban J connectivity index is 2.94. The van der Waals surface area contributed by atoms with Crippen molar-refractivity contribution in [3.05, 3.63) is 34.7 Å². The number of rotatable bonds is 1. The number of fused-ring (bicyclic) bond motifs is 1. The van der Waals surface area contributed by atoms with Crippen LogP contribution in [0.5, 0.6) is 5.75 Å². The molecule has 0 atom stereocenters. The summed E-state index contributed by atoms with van der Waals surface area (Å²) in [5.41, 5.74) is 0.458. The zero-order valence-electron chi connectivity index (χ0n) is 8.14. The fourth-order valence-electron chi connectivity index (χ4n) is 1.63. The zero-order valence-corrected chi connectivity index (χ0v) is 8.14. The summed E-state index contributed by atoms with van der Waals surface area (Å²) < 4.78 is 3.26. The maximum atomic E-state index is 11.6. The number of hydrogen-bond donors (Lipinski definition) is 1. The molecule has 0 saturated carbocycles. The smallest absolute Gasteiger partial charge is 0.269 e. The lowest BCUT2D eigenvalue weighted by Gasteiger charge is -2.13. The van der Waals surface area contributed by atoms with Crippen molar-refractivity contribution in [2.24, 2.45) is 0 Å². The summed E-state index contributed by atoms with van der Waals surface area (Å²) in [5, 5.41) is 9.51. The largest absolute Gasteiger partial charge is 0.505 e. The quantitative estimate of drug-likeness (QED) is 0.742.